The number of hydrogen-bond donors (Lipinski definition) is 2. The Labute approximate surface area is 105 Å². The molecule has 1 aromatic carbocycles. The Hall–Kier alpha value is -0.860. The number of hydrogen-bond acceptors (Lipinski definition) is 2. The van der Waals surface area contributed by atoms with Gasteiger partial charge in [0.15, 0.2) is 0 Å². The number of benzene rings is 1. The smallest absolute Gasteiger partial charge is 0.00420 e. The Bertz CT molecular complexity index is 333. The minimum Gasteiger partial charge on any atom is -0.328 e. The maximum Gasteiger partial charge on any atom is 0.00420 e. The molecule has 2 heteroatoms. The molecule has 3 atom stereocenters. The molecule has 0 saturated carbocycles. The summed E-state index contributed by atoms with van der Waals surface area (Å²) in [5, 5.41) is 0. The summed E-state index contributed by atoms with van der Waals surface area (Å²) in [6, 6.07) is 9.21. The van der Waals surface area contributed by atoms with Gasteiger partial charge >= 0.3 is 0 Å². The van der Waals surface area contributed by atoms with E-state index in [1.54, 1.807) is 0 Å². The van der Waals surface area contributed by atoms with Crippen molar-refractivity contribution in [3.63, 3.8) is 0 Å². The molecule has 0 saturated heterocycles. The lowest BCUT2D eigenvalue weighted by molar-refractivity contribution is 0.464. The third-order valence-corrected chi connectivity index (χ3v) is 3.28. The second-order valence-corrected chi connectivity index (χ2v) is 5.23. The highest BCUT2D eigenvalue weighted by atomic mass is 14.6. The zero-order valence-electron chi connectivity index (χ0n) is 11.3. The summed E-state index contributed by atoms with van der Waals surface area (Å²) >= 11 is 0. The van der Waals surface area contributed by atoms with E-state index >= 15 is 0 Å². The number of aryl methyl sites for hydroxylation is 1. The van der Waals surface area contributed by atoms with Gasteiger partial charge in [-0.2, -0.15) is 0 Å². The predicted octanol–water partition coefficient (Wildman–Crippen LogP) is 2.94. The molecule has 0 amide bonds. The minimum atomic E-state index is 0.226. The fourth-order valence-corrected chi connectivity index (χ4v) is 2.27. The second kappa shape index (κ2) is 6.77. The molecule has 17 heavy (non-hydrogen) atoms. The number of nitrogens with two attached hydrogens (primary N) is 2. The van der Waals surface area contributed by atoms with Crippen molar-refractivity contribution in [2.24, 2.45) is 11.5 Å². The van der Waals surface area contributed by atoms with Gasteiger partial charge in [0.05, 0.1) is 0 Å². The van der Waals surface area contributed by atoms with E-state index in [4.69, 9.17) is 11.5 Å². The third-order valence-electron chi connectivity index (χ3n) is 3.28. The van der Waals surface area contributed by atoms with E-state index in [9.17, 15) is 0 Å². The molecular weight excluding hydrogens is 208 g/mol. The maximum atomic E-state index is 6.08. The molecule has 2 nitrogen and oxygen atoms in total. The van der Waals surface area contributed by atoms with Crippen LogP contribution in [-0.2, 0) is 0 Å². The fourth-order valence-electron chi connectivity index (χ4n) is 2.27. The lowest BCUT2D eigenvalue weighted by atomic mass is 9.86. The molecule has 4 N–H and O–H groups in total. The molecular formula is C15H26N2. The average Bonchev–Trinajstić information content (AvgIpc) is 2.27. The molecule has 96 valence electrons. The van der Waals surface area contributed by atoms with Gasteiger partial charge < -0.3 is 11.5 Å². The first-order valence-corrected chi connectivity index (χ1v) is 6.60. The van der Waals surface area contributed by atoms with Crippen molar-refractivity contribution in [1.29, 1.82) is 0 Å². The van der Waals surface area contributed by atoms with Gasteiger partial charge in [0.1, 0.15) is 0 Å². The van der Waals surface area contributed by atoms with Crippen LogP contribution in [0.25, 0.3) is 0 Å². The van der Waals surface area contributed by atoms with Gasteiger partial charge in [-0.15, -0.1) is 0 Å². The first-order chi connectivity index (χ1) is 8.02. The van der Waals surface area contributed by atoms with Gasteiger partial charge in [0.2, 0.25) is 0 Å². The van der Waals surface area contributed by atoms with Crippen LogP contribution in [0.1, 0.15) is 50.2 Å². The summed E-state index contributed by atoms with van der Waals surface area (Å²) in [7, 11) is 0. The van der Waals surface area contributed by atoms with Crippen LogP contribution in [0.3, 0.4) is 0 Å². The molecule has 0 aliphatic heterocycles. The zero-order valence-corrected chi connectivity index (χ0v) is 11.3. The van der Waals surface area contributed by atoms with Gasteiger partial charge in [0, 0.05) is 12.1 Å². The quantitative estimate of drug-likeness (QED) is 0.795. The molecule has 3 unspecified atom stereocenters. The lowest BCUT2D eigenvalue weighted by Gasteiger charge is -2.22. The minimum absolute atomic E-state index is 0.226. The molecule has 0 bridgehead atoms. The summed E-state index contributed by atoms with van der Waals surface area (Å²) in [6.45, 7) is 6.34. The van der Waals surface area contributed by atoms with Gasteiger partial charge in [-0.25, -0.2) is 0 Å². The molecule has 1 rings (SSSR count). The lowest BCUT2D eigenvalue weighted by Crippen LogP contribution is -2.25. The highest BCUT2D eigenvalue weighted by Gasteiger charge is 2.16. The van der Waals surface area contributed by atoms with Crippen LogP contribution < -0.4 is 11.5 Å². The third kappa shape index (κ3) is 4.88. The summed E-state index contributed by atoms with van der Waals surface area (Å²) in [5.41, 5.74) is 14.7. The molecule has 0 heterocycles. The summed E-state index contributed by atoms with van der Waals surface area (Å²) in [5.74, 6) is 0.491. The maximum absolute atomic E-state index is 6.08. The van der Waals surface area contributed by atoms with Crippen molar-refractivity contribution < 1.29 is 0 Å². The molecule has 0 aliphatic rings. The van der Waals surface area contributed by atoms with Crippen molar-refractivity contribution in [2.75, 3.05) is 0 Å². The summed E-state index contributed by atoms with van der Waals surface area (Å²) < 4.78 is 0. The largest absolute Gasteiger partial charge is 0.328 e. The summed E-state index contributed by atoms with van der Waals surface area (Å²) in [6.07, 6.45) is 3.07. The number of rotatable bonds is 6. The molecule has 0 aromatic heterocycles. The Balaban J connectivity index is 2.81. The van der Waals surface area contributed by atoms with Crippen molar-refractivity contribution in [2.45, 2.75) is 58.0 Å². The Kier molecular flexibility index (Phi) is 5.66. The van der Waals surface area contributed by atoms with E-state index in [2.05, 4.69) is 45.0 Å². The first-order valence-electron chi connectivity index (χ1n) is 6.60. The molecule has 0 aliphatic carbocycles. The van der Waals surface area contributed by atoms with Crippen molar-refractivity contribution >= 4 is 0 Å². The Morgan fingerprint density at radius 1 is 1.18 bits per heavy atom. The van der Waals surface area contributed by atoms with Crippen LogP contribution in [0.4, 0.5) is 0 Å². The van der Waals surface area contributed by atoms with Crippen molar-refractivity contribution in [3.8, 4) is 0 Å². The van der Waals surface area contributed by atoms with Crippen molar-refractivity contribution in [3.05, 3.63) is 35.4 Å². The summed E-state index contributed by atoms with van der Waals surface area (Å²) in [4.78, 5) is 0. The van der Waals surface area contributed by atoms with Crippen LogP contribution in [0, 0.1) is 6.92 Å². The van der Waals surface area contributed by atoms with E-state index in [-0.39, 0.29) is 12.1 Å². The second-order valence-electron chi connectivity index (χ2n) is 5.23. The predicted molar refractivity (Wildman–Crippen MR) is 75.1 cm³/mol. The highest BCUT2D eigenvalue weighted by Crippen LogP contribution is 2.26. The van der Waals surface area contributed by atoms with E-state index in [0.29, 0.717) is 5.92 Å². The molecule has 0 fully saturated rings. The average molecular weight is 234 g/mol. The van der Waals surface area contributed by atoms with Crippen LogP contribution in [-0.4, -0.2) is 12.1 Å². The fraction of sp³-hybridized carbons (Fsp3) is 0.600. The van der Waals surface area contributed by atoms with E-state index in [0.717, 1.165) is 19.3 Å². The monoisotopic (exact) mass is 234 g/mol. The Morgan fingerprint density at radius 3 is 2.41 bits per heavy atom. The topological polar surface area (TPSA) is 52.0 Å². The zero-order chi connectivity index (χ0) is 12.8. The molecule has 0 radical (unpaired) electrons. The van der Waals surface area contributed by atoms with Crippen LogP contribution in [0.2, 0.25) is 0 Å². The van der Waals surface area contributed by atoms with Crippen LogP contribution in [0.5, 0.6) is 0 Å². The molecule has 1 aromatic rings. The van der Waals surface area contributed by atoms with E-state index in [1.165, 1.54) is 11.1 Å². The molecule has 0 spiro atoms. The van der Waals surface area contributed by atoms with Crippen molar-refractivity contribution in [1.82, 2.24) is 0 Å². The first kappa shape index (κ1) is 14.2. The van der Waals surface area contributed by atoms with Gasteiger partial charge in [-0.3, -0.25) is 0 Å². The standard InChI is InChI=1S/C15H26N2/c1-4-15(17)10-14(9-12(3)16)13-7-5-6-11(2)8-13/h5-8,12,14-15H,4,9-10,16-17H2,1-3H3. The highest BCUT2D eigenvalue weighted by molar-refractivity contribution is 5.25. The van der Waals surface area contributed by atoms with Gasteiger partial charge in [-0.1, -0.05) is 36.8 Å². The van der Waals surface area contributed by atoms with Crippen LogP contribution in [0.15, 0.2) is 24.3 Å². The van der Waals surface area contributed by atoms with E-state index < -0.39 is 0 Å². The van der Waals surface area contributed by atoms with Crippen LogP contribution >= 0.6 is 0 Å². The Morgan fingerprint density at radius 2 is 1.88 bits per heavy atom. The van der Waals surface area contributed by atoms with Gasteiger partial charge in [-0.05, 0) is 44.6 Å². The van der Waals surface area contributed by atoms with Gasteiger partial charge in [0.25, 0.3) is 0 Å². The normalized spacial score (nSPS) is 16.5. The van der Waals surface area contributed by atoms with E-state index in [1.807, 2.05) is 0 Å². The SMILES string of the molecule is CCC(N)CC(CC(C)N)c1cccc(C)c1.